The number of halogens is 1. The zero-order valence-corrected chi connectivity index (χ0v) is 10.6. The molecule has 2 aromatic rings. The first-order valence-corrected chi connectivity index (χ1v) is 6.00. The number of hydrogen-bond donors (Lipinski definition) is 1. The summed E-state index contributed by atoms with van der Waals surface area (Å²) >= 11 is 0. The van der Waals surface area contributed by atoms with Crippen molar-refractivity contribution in [2.45, 2.75) is 33.0 Å². The smallest absolute Gasteiger partial charge is 0.123 e. The normalized spacial score (nSPS) is 11.1. The van der Waals surface area contributed by atoms with Gasteiger partial charge in [-0.2, -0.15) is 0 Å². The molecule has 18 heavy (non-hydrogen) atoms. The van der Waals surface area contributed by atoms with Gasteiger partial charge in [-0.05, 0) is 17.7 Å². The van der Waals surface area contributed by atoms with Crippen molar-refractivity contribution < 1.29 is 4.39 Å². The maximum absolute atomic E-state index is 13.0. The van der Waals surface area contributed by atoms with Gasteiger partial charge in [0, 0.05) is 12.6 Å². The predicted molar refractivity (Wildman–Crippen MR) is 67.5 cm³/mol. The molecule has 0 saturated heterocycles. The predicted octanol–water partition coefficient (Wildman–Crippen LogP) is 1.96. The van der Waals surface area contributed by atoms with Gasteiger partial charge in [-0.15, -0.1) is 5.10 Å². The first-order chi connectivity index (χ1) is 8.63. The molecule has 4 nitrogen and oxygen atoms in total. The molecule has 1 heterocycles. The van der Waals surface area contributed by atoms with E-state index in [-0.39, 0.29) is 5.82 Å². The lowest BCUT2D eigenvalue weighted by Crippen LogP contribution is -2.21. The van der Waals surface area contributed by atoms with E-state index in [1.54, 1.807) is 10.7 Å². The molecule has 0 aliphatic rings. The molecule has 0 aliphatic heterocycles. The molecule has 0 saturated carbocycles. The van der Waals surface area contributed by atoms with Crippen LogP contribution in [0.1, 0.15) is 25.1 Å². The van der Waals surface area contributed by atoms with Crippen molar-refractivity contribution in [2.75, 3.05) is 0 Å². The van der Waals surface area contributed by atoms with E-state index in [1.807, 2.05) is 12.3 Å². The molecule has 1 aromatic carbocycles. The Labute approximate surface area is 106 Å². The average molecular weight is 248 g/mol. The number of aromatic nitrogens is 3. The summed E-state index contributed by atoms with van der Waals surface area (Å²) in [6.07, 6.45) is 1.88. The highest BCUT2D eigenvalue weighted by Crippen LogP contribution is 2.05. The van der Waals surface area contributed by atoms with Gasteiger partial charge >= 0.3 is 0 Å². The van der Waals surface area contributed by atoms with Gasteiger partial charge in [0.25, 0.3) is 0 Å². The minimum Gasteiger partial charge on any atom is -0.309 e. The summed E-state index contributed by atoms with van der Waals surface area (Å²) in [5.74, 6) is -0.227. The lowest BCUT2D eigenvalue weighted by molar-refractivity contribution is 0.580. The second-order valence-corrected chi connectivity index (χ2v) is 4.57. The van der Waals surface area contributed by atoms with Crippen molar-refractivity contribution in [3.63, 3.8) is 0 Å². The topological polar surface area (TPSA) is 42.7 Å². The van der Waals surface area contributed by atoms with Crippen LogP contribution in [0.2, 0.25) is 0 Å². The molecular formula is C13H17FN4. The third-order valence-corrected chi connectivity index (χ3v) is 2.51. The molecule has 5 heteroatoms. The van der Waals surface area contributed by atoms with Crippen LogP contribution in [-0.2, 0) is 13.1 Å². The van der Waals surface area contributed by atoms with Crippen LogP contribution < -0.4 is 5.32 Å². The summed E-state index contributed by atoms with van der Waals surface area (Å²) in [5, 5.41) is 11.4. The summed E-state index contributed by atoms with van der Waals surface area (Å²) in [7, 11) is 0. The van der Waals surface area contributed by atoms with E-state index < -0.39 is 0 Å². The first kappa shape index (κ1) is 12.7. The van der Waals surface area contributed by atoms with Crippen LogP contribution in [0.4, 0.5) is 4.39 Å². The summed E-state index contributed by atoms with van der Waals surface area (Å²) < 4.78 is 14.7. The number of rotatable bonds is 5. The van der Waals surface area contributed by atoms with Gasteiger partial charge in [0.2, 0.25) is 0 Å². The van der Waals surface area contributed by atoms with Crippen molar-refractivity contribution in [2.24, 2.45) is 0 Å². The summed E-state index contributed by atoms with van der Waals surface area (Å²) in [4.78, 5) is 0. The molecule has 0 amide bonds. The average Bonchev–Trinajstić information content (AvgIpc) is 2.74. The number of nitrogens with zero attached hydrogens (tertiary/aromatic N) is 3. The summed E-state index contributed by atoms with van der Waals surface area (Å²) in [6.45, 7) is 5.39. The molecule has 1 aromatic heterocycles. The third kappa shape index (κ3) is 3.63. The highest BCUT2D eigenvalue weighted by atomic mass is 19.1. The number of hydrogen-bond acceptors (Lipinski definition) is 3. The molecule has 2 rings (SSSR count). The highest BCUT2D eigenvalue weighted by molar-refractivity contribution is 5.16. The van der Waals surface area contributed by atoms with E-state index in [4.69, 9.17) is 0 Å². The minimum atomic E-state index is -0.227. The van der Waals surface area contributed by atoms with Gasteiger partial charge in [0.05, 0.1) is 18.4 Å². The van der Waals surface area contributed by atoms with Crippen LogP contribution in [0.3, 0.4) is 0 Å². The molecular weight excluding hydrogens is 231 g/mol. The van der Waals surface area contributed by atoms with Crippen molar-refractivity contribution in [3.8, 4) is 0 Å². The molecule has 0 radical (unpaired) electrons. The van der Waals surface area contributed by atoms with Crippen molar-refractivity contribution >= 4 is 0 Å². The Kier molecular flexibility index (Phi) is 4.04. The second-order valence-electron chi connectivity index (χ2n) is 4.57. The first-order valence-electron chi connectivity index (χ1n) is 6.00. The fourth-order valence-corrected chi connectivity index (χ4v) is 1.63. The van der Waals surface area contributed by atoms with E-state index >= 15 is 0 Å². The Morgan fingerprint density at radius 1 is 1.39 bits per heavy atom. The molecule has 0 spiro atoms. The quantitative estimate of drug-likeness (QED) is 0.879. The zero-order valence-electron chi connectivity index (χ0n) is 10.6. The van der Waals surface area contributed by atoms with Crippen LogP contribution in [-0.4, -0.2) is 21.0 Å². The van der Waals surface area contributed by atoms with Crippen LogP contribution in [0, 0.1) is 5.82 Å². The maximum Gasteiger partial charge on any atom is 0.123 e. The Balaban J connectivity index is 1.98. The Bertz CT molecular complexity index is 507. The lowest BCUT2D eigenvalue weighted by atomic mass is 10.2. The van der Waals surface area contributed by atoms with E-state index in [0.29, 0.717) is 19.1 Å². The summed E-state index contributed by atoms with van der Waals surface area (Å²) in [6, 6.07) is 6.93. The van der Waals surface area contributed by atoms with Gasteiger partial charge < -0.3 is 5.32 Å². The third-order valence-electron chi connectivity index (χ3n) is 2.51. The summed E-state index contributed by atoms with van der Waals surface area (Å²) in [5.41, 5.74) is 1.77. The van der Waals surface area contributed by atoms with Crippen molar-refractivity contribution in [3.05, 3.63) is 47.5 Å². The number of benzene rings is 1. The van der Waals surface area contributed by atoms with E-state index in [1.165, 1.54) is 12.1 Å². The second kappa shape index (κ2) is 5.73. The lowest BCUT2D eigenvalue weighted by Gasteiger charge is -2.04. The molecule has 0 fully saturated rings. The fourth-order valence-electron chi connectivity index (χ4n) is 1.63. The molecule has 0 unspecified atom stereocenters. The van der Waals surface area contributed by atoms with Gasteiger partial charge in [0.15, 0.2) is 0 Å². The van der Waals surface area contributed by atoms with Gasteiger partial charge in [-0.25, -0.2) is 9.07 Å². The fraction of sp³-hybridized carbons (Fsp3) is 0.385. The molecule has 0 aliphatic carbocycles. The number of nitrogens with one attached hydrogen (secondary N) is 1. The molecule has 96 valence electrons. The van der Waals surface area contributed by atoms with Crippen LogP contribution in [0.25, 0.3) is 0 Å². The molecule has 0 atom stereocenters. The van der Waals surface area contributed by atoms with Crippen LogP contribution in [0.15, 0.2) is 30.5 Å². The van der Waals surface area contributed by atoms with Gasteiger partial charge in [0.1, 0.15) is 5.82 Å². The Morgan fingerprint density at radius 3 is 2.94 bits per heavy atom. The minimum absolute atomic E-state index is 0.227. The van der Waals surface area contributed by atoms with Gasteiger partial charge in [-0.3, -0.25) is 0 Å². The van der Waals surface area contributed by atoms with Crippen molar-refractivity contribution in [1.82, 2.24) is 20.3 Å². The van der Waals surface area contributed by atoms with E-state index in [2.05, 4.69) is 29.5 Å². The molecule has 1 N–H and O–H groups in total. The Morgan fingerprint density at radius 2 is 2.22 bits per heavy atom. The van der Waals surface area contributed by atoms with E-state index in [0.717, 1.165) is 11.3 Å². The van der Waals surface area contributed by atoms with Crippen LogP contribution >= 0.6 is 0 Å². The van der Waals surface area contributed by atoms with E-state index in [9.17, 15) is 4.39 Å². The monoisotopic (exact) mass is 248 g/mol. The zero-order chi connectivity index (χ0) is 13.0. The maximum atomic E-state index is 13.0. The standard InChI is InChI=1S/C13H17FN4/c1-10(2)15-7-13-9-18(17-16-13)8-11-4-3-5-12(14)6-11/h3-6,9-10,15H,7-8H2,1-2H3. The van der Waals surface area contributed by atoms with Crippen molar-refractivity contribution in [1.29, 1.82) is 0 Å². The highest BCUT2D eigenvalue weighted by Gasteiger charge is 2.03. The SMILES string of the molecule is CC(C)NCc1cn(Cc2cccc(F)c2)nn1. The largest absolute Gasteiger partial charge is 0.309 e. The molecule has 0 bridgehead atoms. The van der Waals surface area contributed by atoms with Crippen LogP contribution in [0.5, 0.6) is 0 Å². The Hall–Kier alpha value is -1.75. The van der Waals surface area contributed by atoms with Gasteiger partial charge in [-0.1, -0.05) is 31.2 Å².